The van der Waals surface area contributed by atoms with Gasteiger partial charge in [0, 0.05) is 23.9 Å². The van der Waals surface area contributed by atoms with Crippen molar-refractivity contribution in [2.45, 2.75) is 26.8 Å². The molecule has 0 fully saturated rings. The Hall–Kier alpha value is -2.11. The van der Waals surface area contributed by atoms with Crippen LogP contribution in [0.2, 0.25) is 0 Å². The molecular weight excluding hydrogens is 236 g/mol. The minimum atomic E-state index is -0.963. The summed E-state index contributed by atoms with van der Waals surface area (Å²) >= 11 is 0. The van der Waals surface area contributed by atoms with Gasteiger partial charge >= 0.3 is 5.97 Å². The molecule has 6 nitrogen and oxygen atoms in total. The average molecular weight is 252 g/mol. The molecule has 0 aromatic heterocycles. The molecule has 6 heteroatoms. The number of carbonyl (C=O) groups is 1. The molecule has 0 aliphatic rings. The van der Waals surface area contributed by atoms with Gasteiger partial charge in [0.15, 0.2) is 0 Å². The quantitative estimate of drug-likeness (QED) is 0.641. The number of carboxylic acids is 1. The molecule has 0 aliphatic carbocycles. The number of benzene rings is 1. The second-order valence-corrected chi connectivity index (χ2v) is 4.34. The van der Waals surface area contributed by atoms with E-state index in [1.807, 2.05) is 13.8 Å². The Balaban J connectivity index is 3.21. The zero-order chi connectivity index (χ0) is 13.9. The van der Waals surface area contributed by atoms with Crippen molar-refractivity contribution in [3.05, 3.63) is 33.9 Å². The molecule has 1 aromatic carbocycles. The van der Waals surface area contributed by atoms with E-state index in [0.717, 1.165) is 5.56 Å². The number of nitro benzene ring substituents is 1. The number of non-ortho nitro benzene ring substituents is 1. The van der Waals surface area contributed by atoms with Crippen molar-refractivity contribution in [3.63, 3.8) is 0 Å². The summed E-state index contributed by atoms with van der Waals surface area (Å²) in [6, 6.07) is 4.41. The van der Waals surface area contributed by atoms with E-state index in [-0.39, 0.29) is 18.3 Å². The summed E-state index contributed by atoms with van der Waals surface area (Å²) in [5, 5.41) is 19.6. The monoisotopic (exact) mass is 252 g/mol. The van der Waals surface area contributed by atoms with Gasteiger partial charge in [-0.05, 0) is 26.3 Å². The Bertz CT molecular complexity index is 471. The first kappa shape index (κ1) is 14.0. The Morgan fingerprint density at radius 1 is 1.50 bits per heavy atom. The first-order chi connectivity index (χ1) is 8.32. The van der Waals surface area contributed by atoms with E-state index in [9.17, 15) is 14.9 Å². The van der Waals surface area contributed by atoms with Gasteiger partial charge in [0.2, 0.25) is 0 Å². The topological polar surface area (TPSA) is 83.7 Å². The van der Waals surface area contributed by atoms with Crippen LogP contribution in [-0.4, -0.2) is 28.6 Å². The molecule has 0 saturated heterocycles. The predicted molar refractivity (Wildman–Crippen MR) is 68.0 cm³/mol. The summed E-state index contributed by atoms with van der Waals surface area (Å²) in [6.45, 7) is 5.32. The lowest BCUT2D eigenvalue weighted by Gasteiger charge is -2.28. The average Bonchev–Trinajstić information content (AvgIpc) is 2.26. The van der Waals surface area contributed by atoms with Crippen molar-refractivity contribution in [1.82, 2.24) is 0 Å². The molecule has 0 unspecified atom stereocenters. The number of nitro groups is 1. The number of rotatable bonds is 5. The number of anilines is 1. The normalized spacial score (nSPS) is 10.4. The fraction of sp³-hybridized carbons (Fsp3) is 0.417. The molecule has 0 heterocycles. The van der Waals surface area contributed by atoms with Gasteiger partial charge < -0.3 is 10.0 Å². The molecule has 0 saturated carbocycles. The highest BCUT2D eigenvalue weighted by Gasteiger charge is 2.18. The van der Waals surface area contributed by atoms with Gasteiger partial charge in [0.25, 0.3) is 5.69 Å². The highest BCUT2D eigenvalue weighted by atomic mass is 16.6. The number of aryl methyl sites for hydroxylation is 1. The van der Waals surface area contributed by atoms with Crippen LogP contribution in [0.5, 0.6) is 0 Å². The number of hydrogen-bond acceptors (Lipinski definition) is 4. The molecule has 0 atom stereocenters. The fourth-order valence-corrected chi connectivity index (χ4v) is 1.71. The molecule has 18 heavy (non-hydrogen) atoms. The van der Waals surface area contributed by atoms with Crippen LogP contribution in [0.15, 0.2) is 18.2 Å². The summed E-state index contributed by atoms with van der Waals surface area (Å²) in [4.78, 5) is 22.7. The van der Waals surface area contributed by atoms with Gasteiger partial charge in [-0.2, -0.15) is 0 Å². The fourth-order valence-electron chi connectivity index (χ4n) is 1.71. The van der Waals surface area contributed by atoms with Crippen LogP contribution in [0.3, 0.4) is 0 Å². The lowest BCUT2D eigenvalue weighted by molar-refractivity contribution is -0.384. The maximum Gasteiger partial charge on any atom is 0.323 e. The van der Waals surface area contributed by atoms with E-state index < -0.39 is 10.9 Å². The number of hydrogen-bond donors (Lipinski definition) is 1. The minimum Gasteiger partial charge on any atom is -0.480 e. The highest BCUT2D eigenvalue weighted by molar-refractivity contribution is 5.75. The number of carboxylic acid groups (broad SMARTS) is 1. The molecule has 0 radical (unpaired) electrons. The summed E-state index contributed by atoms with van der Waals surface area (Å²) in [5.41, 5.74) is 1.36. The van der Waals surface area contributed by atoms with Gasteiger partial charge in [0.1, 0.15) is 6.54 Å². The second kappa shape index (κ2) is 5.48. The van der Waals surface area contributed by atoms with Gasteiger partial charge in [-0.25, -0.2) is 0 Å². The Morgan fingerprint density at radius 3 is 2.56 bits per heavy atom. The zero-order valence-corrected chi connectivity index (χ0v) is 10.6. The van der Waals surface area contributed by atoms with Crippen LogP contribution in [0, 0.1) is 17.0 Å². The lowest BCUT2D eigenvalue weighted by Crippen LogP contribution is -2.36. The van der Waals surface area contributed by atoms with Gasteiger partial charge in [-0.3, -0.25) is 14.9 Å². The van der Waals surface area contributed by atoms with Crippen LogP contribution in [-0.2, 0) is 4.79 Å². The summed E-state index contributed by atoms with van der Waals surface area (Å²) in [5.74, 6) is -0.963. The Kier molecular flexibility index (Phi) is 4.25. The molecule has 0 spiro atoms. The van der Waals surface area contributed by atoms with Crippen LogP contribution < -0.4 is 4.90 Å². The second-order valence-electron chi connectivity index (χ2n) is 4.34. The molecule has 0 bridgehead atoms. The maximum atomic E-state index is 10.8. The molecule has 0 aliphatic heterocycles. The summed E-state index contributed by atoms with van der Waals surface area (Å²) in [6.07, 6.45) is 0. The van der Waals surface area contributed by atoms with Crippen LogP contribution >= 0.6 is 0 Å². The number of aliphatic carboxylic acids is 1. The Morgan fingerprint density at radius 2 is 2.11 bits per heavy atom. The van der Waals surface area contributed by atoms with E-state index in [4.69, 9.17) is 5.11 Å². The molecular formula is C12H16N2O4. The van der Waals surface area contributed by atoms with Gasteiger partial charge in [-0.15, -0.1) is 0 Å². The molecule has 1 rings (SSSR count). The SMILES string of the molecule is Cc1ccc([N+](=O)[O-])cc1N(CC(=O)O)C(C)C. The third-order valence-corrected chi connectivity index (χ3v) is 2.64. The first-order valence-corrected chi connectivity index (χ1v) is 5.56. The summed E-state index contributed by atoms with van der Waals surface area (Å²) < 4.78 is 0. The van der Waals surface area contributed by atoms with Gasteiger partial charge in [0.05, 0.1) is 4.92 Å². The molecule has 1 aromatic rings. The van der Waals surface area contributed by atoms with Crippen molar-refractivity contribution >= 4 is 17.3 Å². The molecule has 1 N–H and O–H groups in total. The van der Waals surface area contributed by atoms with Crippen LogP contribution in [0.25, 0.3) is 0 Å². The van der Waals surface area contributed by atoms with Crippen molar-refractivity contribution in [1.29, 1.82) is 0 Å². The van der Waals surface area contributed by atoms with Crippen molar-refractivity contribution in [2.24, 2.45) is 0 Å². The molecule has 0 amide bonds. The van der Waals surface area contributed by atoms with E-state index in [2.05, 4.69) is 0 Å². The maximum absolute atomic E-state index is 10.8. The summed E-state index contributed by atoms with van der Waals surface area (Å²) in [7, 11) is 0. The largest absolute Gasteiger partial charge is 0.480 e. The van der Waals surface area contributed by atoms with Gasteiger partial charge in [-0.1, -0.05) is 6.07 Å². The lowest BCUT2D eigenvalue weighted by atomic mass is 10.1. The Labute approximate surface area is 105 Å². The highest BCUT2D eigenvalue weighted by Crippen LogP contribution is 2.26. The standard InChI is InChI=1S/C12H16N2O4/c1-8(2)13(7-12(15)16)11-6-10(14(17)18)5-4-9(11)3/h4-6,8H,7H2,1-3H3,(H,15,16). The predicted octanol–water partition coefficient (Wildman–Crippen LogP) is 2.20. The van der Waals surface area contributed by atoms with E-state index in [0.29, 0.717) is 5.69 Å². The molecule has 98 valence electrons. The van der Waals surface area contributed by atoms with Crippen molar-refractivity contribution in [3.8, 4) is 0 Å². The van der Waals surface area contributed by atoms with E-state index >= 15 is 0 Å². The van der Waals surface area contributed by atoms with E-state index in [1.165, 1.54) is 12.1 Å². The van der Waals surface area contributed by atoms with Crippen LogP contribution in [0.4, 0.5) is 11.4 Å². The van der Waals surface area contributed by atoms with Crippen molar-refractivity contribution in [2.75, 3.05) is 11.4 Å². The number of nitrogens with zero attached hydrogens (tertiary/aromatic N) is 2. The zero-order valence-electron chi connectivity index (χ0n) is 10.6. The van der Waals surface area contributed by atoms with Crippen molar-refractivity contribution < 1.29 is 14.8 Å². The third-order valence-electron chi connectivity index (χ3n) is 2.64. The minimum absolute atomic E-state index is 0.0355. The smallest absolute Gasteiger partial charge is 0.323 e. The van der Waals surface area contributed by atoms with E-state index in [1.54, 1.807) is 17.9 Å². The third kappa shape index (κ3) is 3.19. The first-order valence-electron chi connectivity index (χ1n) is 5.56. The van der Waals surface area contributed by atoms with Crippen LogP contribution in [0.1, 0.15) is 19.4 Å².